The van der Waals surface area contributed by atoms with Crippen LogP contribution in [-0.2, 0) is 9.53 Å². The molecule has 0 aliphatic carbocycles. The molecule has 2 heterocycles. The highest BCUT2D eigenvalue weighted by molar-refractivity contribution is 7.99. The van der Waals surface area contributed by atoms with E-state index in [0.29, 0.717) is 13.0 Å². The number of morpholine rings is 1. The first kappa shape index (κ1) is 24.0. The second-order valence-corrected chi connectivity index (χ2v) is 10.3. The SMILES string of the molecule is COc1ccc(C)c2sc(N(CCN3CCOCC3)C(=O)CCSc3ccc(C)cc3)nc12. The number of carbonyl (C=O) groups excluding carboxylic acids is 1. The van der Waals surface area contributed by atoms with Crippen LogP contribution in [0.25, 0.3) is 10.2 Å². The summed E-state index contributed by atoms with van der Waals surface area (Å²) in [6.45, 7) is 8.88. The number of benzene rings is 2. The lowest BCUT2D eigenvalue weighted by Gasteiger charge is -2.29. The minimum absolute atomic E-state index is 0.110. The van der Waals surface area contributed by atoms with Crippen LogP contribution in [0.5, 0.6) is 5.75 Å². The van der Waals surface area contributed by atoms with Crippen LogP contribution in [0.2, 0.25) is 0 Å². The van der Waals surface area contributed by atoms with Gasteiger partial charge in [-0.25, -0.2) is 4.98 Å². The van der Waals surface area contributed by atoms with Gasteiger partial charge in [0.2, 0.25) is 5.91 Å². The maximum atomic E-state index is 13.4. The molecule has 176 valence electrons. The number of hydrogen-bond donors (Lipinski definition) is 0. The van der Waals surface area contributed by atoms with Gasteiger partial charge in [0.05, 0.1) is 25.0 Å². The monoisotopic (exact) mass is 485 g/mol. The van der Waals surface area contributed by atoms with Crippen LogP contribution in [0.4, 0.5) is 5.13 Å². The van der Waals surface area contributed by atoms with Crippen LogP contribution in [-0.4, -0.2) is 68.0 Å². The fraction of sp³-hybridized carbons (Fsp3) is 0.440. The van der Waals surface area contributed by atoms with E-state index in [2.05, 4.69) is 43.0 Å². The van der Waals surface area contributed by atoms with E-state index in [1.807, 2.05) is 17.0 Å². The smallest absolute Gasteiger partial charge is 0.229 e. The summed E-state index contributed by atoms with van der Waals surface area (Å²) in [7, 11) is 1.66. The van der Waals surface area contributed by atoms with Gasteiger partial charge >= 0.3 is 0 Å². The lowest BCUT2D eigenvalue weighted by Crippen LogP contribution is -2.43. The molecular weight excluding hydrogens is 454 g/mol. The average Bonchev–Trinajstić information content (AvgIpc) is 3.27. The maximum Gasteiger partial charge on any atom is 0.229 e. The number of rotatable bonds is 9. The molecule has 1 amide bonds. The second-order valence-electron chi connectivity index (χ2n) is 8.17. The molecule has 0 saturated carbocycles. The van der Waals surface area contributed by atoms with Crippen LogP contribution >= 0.6 is 23.1 Å². The summed E-state index contributed by atoms with van der Waals surface area (Å²) in [6.07, 6.45) is 0.466. The Balaban J connectivity index is 1.50. The molecule has 1 aromatic heterocycles. The Kier molecular flexibility index (Phi) is 8.25. The number of aromatic nitrogens is 1. The summed E-state index contributed by atoms with van der Waals surface area (Å²) in [5.74, 6) is 1.59. The van der Waals surface area contributed by atoms with Crippen molar-refractivity contribution in [2.45, 2.75) is 25.2 Å². The number of hydrogen-bond acceptors (Lipinski definition) is 7. The third-order valence-corrected chi connectivity index (χ3v) is 8.02. The van der Waals surface area contributed by atoms with Crippen LogP contribution in [0.3, 0.4) is 0 Å². The molecule has 3 aromatic rings. The van der Waals surface area contributed by atoms with Gasteiger partial charge in [0.15, 0.2) is 5.13 Å². The number of anilines is 1. The standard InChI is InChI=1S/C25H31N3O3S2/c1-18-4-7-20(8-5-18)32-17-10-22(29)28(12-11-27-13-15-31-16-14-27)25-26-23-21(30-3)9-6-19(2)24(23)33-25/h4-9H,10-17H2,1-3H3. The molecule has 6 nitrogen and oxygen atoms in total. The topological polar surface area (TPSA) is 54.9 Å². The van der Waals surface area contributed by atoms with Gasteiger partial charge in [0.1, 0.15) is 11.3 Å². The Morgan fingerprint density at radius 1 is 1.18 bits per heavy atom. The molecule has 0 atom stereocenters. The Labute approximate surface area is 203 Å². The number of fused-ring (bicyclic) bond motifs is 1. The molecule has 1 aliphatic rings. The first-order chi connectivity index (χ1) is 16.0. The molecule has 1 fully saturated rings. The van der Waals surface area contributed by atoms with Gasteiger partial charge in [0.25, 0.3) is 0 Å². The molecule has 8 heteroatoms. The van der Waals surface area contributed by atoms with Crippen molar-refractivity contribution in [2.75, 3.05) is 57.2 Å². The summed E-state index contributed by atoms with van der Waals surface area (Å²) < 4.78 is 12.1. The van der Waals surface area contributed by atoms with Crippen molar-refractivity contribution in [2.24, 2.45) is 0 Å². The zero-order valence-corrected chi connectivity index (χ0v) is 21.1. The van der Waals surface area contributed by atoms with Crippen LogP contribution in [0, 0.1) is 13.8 Å². The highest BCUT2D eigenvalue weighted by Gasteiger charge is 2.23. The molecule has 0 radical (unpaired) electrons. The van der Waals surface area contributed by atoms with Crippen LogP contribution in [0.1, 0.15) is 17.5 Å². The first-order valence-corrected chi connectivity index (χ1v) is 13.1. The molecule has 1 aliphatic heterocycles. The highest BCUT2D eigenvalue weighted by atomic mass is 32.2. The number of thioether (sulfide) groups is 1. The maximum absolute atomic E-state index is 13.4. The van der Waals surface area contributed by atoms with Gasteiger partial charge in [-0.2, -0.15) is 0 Å². The van der Waals surface area contributed by atoms with E-state index in [1.165, 1.54) is 10.5 Å². The quantitative estimate of drug-likeness (QED) is 0.407. The van der Waals surface area contributed by atoms with Crippen LogP contribution in [0.15, 0.2) is 41.3 Å². The molecule has 0 bridgehead atoms. The third kappa shape index (κ3) is 6.06. The van der Waals surface area contributed by atoms with E-state index in [4.69, 9.17) is 14.5 Å². The number of methoxy groups -OCH3 is 1. The third-order valence-electron chi connectivity index (χ3n) is 5.79. The summed E-state index contributed by atoms with van der Waals surface area (Å²) >= 11 is 3.29. The van der Waals surface area contributed by atoms with Gasteiger partial charge in [-0.1, -0.05) is 35.1 Å². The highest BCUT2D eigenvalue weighted by Crippen LogP contribution is 2.36. The number of thiazole rings is 1. The lowest BCUT2D eigenvalue weighted by atomic mass is 10.2. The van der Waals surface area contributed by atoms with E-state index in [9.17, 15) is 4.79 Å². The van der Waals surface area contributed by atoms with Crippen molar-refractivity contribution in [3.05, 3.63) is 47.5 Å². The van der Waals surface area contributed by atoms with Crippen LogP contribution < -0.4 is 9.64 Å². The second kappa shape index (κ2) is 11.3. The fourth-order valence-electron chi connectivity index (χ4n) is 3.80. The van der Waals surface area contributed by atoms with Gasteiger partial charge in [-0.3, -0.25) is 14.6 Å². The normalized spacial score (nSPS) is 14.5. The number of nitrogens with zero attached hydrogens (tertiary/aromatic N) is 3. The minimum Gasteiger partial charge on any atom is -0.494 e. The number of ether oxygens (including phenoxy) is 2. The molecule has 0 N–H and O–H groups in total. The number of carbonyl (C=O) groups is 1. The average molecular weight is 486 g/mol. The molecule has 0 unspecified atom stereocenters. The predicted molar refractivity (Wildman–Crippen MR) is 137 cm³/mol. The summed E-state index contributed by atoms with van der Waals surface area (Å²) in [4.78, 5) is 23.6. The number of amides is 1. The summed E-state index contributed by atoms with van der Waals surface area (Å²) in [5, 5.41) is 0.746. The minimum atomic E-state index is 0.110. The molecule has 4 rings (SSSR count). The Morgan fingerprint density at radius 3 is 2.67 bits per heavy atom. The summed E-state index contributed by atoms with van der Waals surface area (Å²) in [6, 6.07) is 12.4. The van der Waals surface area contributed by atoms with Crippen molar-refractivity contribution in [3.8, 4) is 5.75 Å². The molecule has 1 saturated heterocycles. The van der Waals surface area contributed by atoms with Crippen molar-refractivity contribution in [1.29, 1.82) is 0 Å². The Bertz CT molecular complexity index is 1080. The Hall–Kier alpha value is -2.13. The number of aryl methyl sites for hydroxylation is 2. The molecule has 0 spiro atoms. The zero-order valence-electron chi connectivity index (χ0n) is 19.5. The zero-order chi connectivity index (χ0) is 23.2. The van der Waals surface area contributed by atoms with E-state index < -0.39 is 0 Å². The predicted octanol–water partition coefficient (Wildman–Crippen LogP) is 4.77. The van der Waals surface area contributed by atoms with Crippen molar-refractivity contribution in [1.82, 2.24) is 9.88 Å². The van der Waals surface area contributed by atoms with Crippen molar-refractivity contribution >= 4 is 44.4 Å². The largest absolute Gasteiger partial charge is 0.494 e. The van der Waals surface area contributed by atoms with Gasteiger partial charge in [-0.05, 0) is 37.6 Å². The van der Waals surface area contributed by atoms with Gasteiger partial charge < -0.3 is 9.47 Å². The molecule has 2 aromatic carbocycles. The summed E-state index contributed by atoms with van der Waals surface area (Å²) in [5.41, 5.74) is 3.21. The van der Waals surface area contributed by atoms with Crippen molar-refractivity contribution in [3.63, 3.8) is 0 Å². The van der Waals surface area contributed by atoms with E-state index in [0.717, 1.165) is 65.3 Å². The van der Waals surface area contributed by atoms with Crippen molar-refractivity contribution < 1.29 is 14.3 Å². The van der Waals surface area contributed by atoms with E-state index in [-0.39, 0.29) is 5.91 Å². The lowest BCUT2D eigenvalue weighted by molar-refractivity contribution is -0.118. The Morgan fingerprint density at radius 2 is 1.94 bits per heavy atom. The van der Waals surface area contributed by atoms with Gasteiger partial charge in [-0.15, -0.1) is 11.8 Å². The molecular formula is C25H31N3O3S2. The van der Waals surface area contributed by atoms with E-state index >= 15 is 0 Å². The van der Waals surface area contributed by atoms with E-state index in [1.54, 1.807) is 30.2 Å². The van der Waals surface area contributed by atoms with Gasteiger partial charge in [0, 0.05) is 43.2 Å². The first-order valence-electron chi connectivity index (χ1n) is 11.3. The fourth-order valence-corrected chi connectivity index (χ4v) is 5.73. The molecule has 33 heavy (non-hydrogen) atoms.